The van der Waals surface area contributed by atoms with Crippen LogP contribution in [0.2, 0.25) is 0 Å². The highest BCUT2D eigenvalue weighted by molar-refractivity contribution is 7.89. The predicted molar refractivity (Wildman–Crippen MR) is 94.3 cm³/mol. The van der Waals surface area contributed by atoms with E-state index in [-0.39, 0.29) is 10.3 Å². The van der Waals surface area contributed by atoms with Gasteiger partial charge in [0.25, 0.3) is 0 Å². The molecular formula is C19H22NO4S-. The van der Waals surface area contributed by atoms with E-state index in [0.29, 0.717) is 5.56 Å². The maximum atomic E-state index is 12.6. The lowest BCUT2D eigenvalue weighted by atomic mass is 9.87. The van der Waals surface area contributed by atoms with Crippen molar-refractivity contribution in [2.75, 3.05) is 0 Å². The molecule has 1 N–H and O–H groups in total. The largest absolute Gasteiger partial charge is 0.550 e. The molecule has 0 aliphatic carbocycles. The molecule has 1 atom stereocenters. The molecule has 134 valence electrons. The SMILES string of the molecule is CC(C)(C)c1ccc(S(=O)(=O)N[C@@H](CC(=O)[O-])c2ccccc2)cc1. The van der Waals surface area contributed by atoms with Gasteiger partial charge in [-0.3, -0.25) is 0 Å². The molecule has 2 aromatic carbocycles. The molecule has 0 saturated heterocycles. The number of carbonyl (C=O) groups is 1. The molecule has 0 radical (unpaired) electrons. The van der Waals surface area contributed by atoms with Crippen molar-refractivity contribution in [1.29, 1.82) is 0 Å². The summed E-state index contributed by atoms with van der Waals surface area (Å²) in [5.74, 6) is -1.32. The molecule has 0 heterocycles. The lowest BCUT2D eigenvalue weighted by molar-refractivity contribution is -0.306. The maximum Gasteiger partial charge on any atom is 0.241 e. The number of nitrogens with one attached hydrogen (secondary N) is 1. The van der Waals surface area contributed by atoms with Gasteiger partial charge in [0.15, 0.2) is 0 Å². The molecule has 2 aromatic rings. The van der Waals surface area contributed by atoms with Gasteiger partial charge in [-0.2, -0.15) is 0 Å². The van der Waals surface area contributed by atoms with Crippen molar-refractivity contribution >= 4 is 16.0 Å². The zero-order chi connectivity index (χ0) is 18.7. The van der Waals surface area contributed by atoms with Crippen molar-refractivity contribution in [1.82, 2.24) is 4.72 Å². The normalized spacial score (nSPS) is 13.4. The Morgan fingerprint density at radius 1 is 1.04 bits per heavy atom. The van der Waals surface area contributed by atoms with Gasteiger partial charge < -0.3 is 9.90 Å². The van der Waals surface area contributed by atoms with E-state index in [4.69, 9.17) is 0 Å². The predicted octanol–water partition coefficient (Wildman–Crippen LogP) is 2.14. The summed E-state index contributed by atoms with van der Waals surface area (Å²) in [5, 5.41) is 11.0. The average Bonchev–Trinajstić information content (AvgIpc) is 2.54. The number of benzene rings is 2. The van der Waals surface area contributed by atoms with E-state index in [1.807, 2.05) is 20.8 Å². The summed E-state index contributed by atoms with van der Waals surface area (Å²) in [7, 11) is -3.86. The fourth-order valence-corrected chi connectivity index (χ4v) is 3.69. The van der Waals surface area contributed by atoms with E-state index in [1.54, 1.807) is 42.5 Å². The van der Waals surface area contributed by atoms with Gasteiger partial charge in [-0.25, -0.2) is 13.1 Å². The molecular weight excluding hydrogens is 338 g/mol. The third-order valence-electron chi connectivity index (χ3n) is 3.90. The van der Waals surface area contributed by atoms with Crippen LogP contribution in [0.25, 0.3) is 0 Å². The maximum absolute atomic E-state index is 12.6. The Bertz CT molecular complexity index is 822. The molecule has 0 fully saturated rings. The van der Waals surface area contributed by atoms with Gasteiger partial charge in [0.05, 0.1) is 10.9 Å². The van der Waals surface area contributed by atoms with Crippen LogP contribution in [0.4, 0.5) is 0 Å². The second-order valence-corrected chi connectivity index (χ2v) is 8.65. The number of sulfonamides is 1. The monoisotopic (exact) mass is 360 g/mol. The second kappa shape index (κ2) is 7.37. The highest BCUT2D eigenvalue weighted by Gasteiger charge is 2.22. The Hall–Kier alpha value is -2.18. The first-order chi connectivity index (χ1) is 11.6. The third kappa shape index (κ3) is 5.14. The number of carbonyl (C=O) groups excluding carboxylic acids is 1. The molecule has 5 nitrogen and oxygen atoms in total. The fraction of sp³-hybridized carbons (Fsp3) is 0.316. The van der Waals surface area contributed by atoms with Crippen LogP contribution in [0, 0.1) is 0 Å². The average molecular weight is 360 g/mol. The first-order valence-corrected chi connectivity index (χ1v) is 9.45. The van der Waals surface area contributed by atoms with Crippen molar-refractivity contribution in [3.63, 3.8) is 0 Å². The minimum Gasteiger partial charge on any atom is -0.550 e. The minimum absolute atomic E-state index is 0.0860. The van der Waals surface area contributed by atoms with Crippen LogP contribution >= 0.6 is 0 Å². The fourth-order valence-electron chi connectivity index (χ4n) is 2.47. The van der Waals surface area contributed by atoms with E-state index in [1.165, 1.54) is 12.1 Å². The first kappa shape index (κ1) is 19.1. The van der Waals surface area contributed by atoms with Crippen LogP contribution in [0.5, 0.6) is 0 Å². The molecule has 0 aliphatic rings. The molecule has 25 heavy (non-hydrogen) atoms. The van der Waals surface area contributed by atoms with Crippen molar-refractivity contribution in [3.05, 3.63) is 65.7 Å². The van der Waals surface area contributed by atoms with Crippen LogP contribution in [0.1, 0.15) is 44.4 Å². The minimum atomic E-state index is -3.86. The Morgan fingerprint density at radius 3 is 2.08 bits per heavy atom. The van der Waals surface area contributed by atoms with Crippen LogP contribution in [0.3, 0.4) is 0 Å². The van der Waals surface area contributed by atoms with Gasteiger partial charge in [0, 0.05) is 12.4 Å². The quantitative estimate of drug-likeness (QED) is 0.855. The first-order valence-electron chi connectivity index (χ1n) is 7.97. The van der Waals surface area contributed by atoms with Gasteiger partial charge in [0.2, 0.25) is 10.0 Å². The summed E-state index contributed by atoms with van der Waals surface area (Å²) in [6, 6.07) is 14.3. The Kier molecular flexibility index (Phi) is 5.65. The zero-order valence-corrected chi connectivity index (χ0v) is 15.3. The molecule has 0 unspecified atom stereocenters. The molecule has 0 spiro atoms. The highest BCUT2D eigenvalue weighted by Crippen LogP contribution is 2.25. The molecule has 0 amide bonds. The summed E-state index contributed by atoms with van der Waals surface area (Å²) in [5.41, 5.74) is 1.50. The molecule has 0 aromatic heterocycles. The van der Waals surface area contributed by atoms with Gasteiger partial charge in [0.1, 0.15) is 0 Å². The van der Waals surface area contributed by atoms with E-state index < -0.39 is 28.5 Å². The molecule has 0 bridgehead atoms. The van der Waals surface area contributed by atoms with Crippen LogP contribution < -0.4 is 9.83 Å². The number of rotatable bonds is 6. The van der Waals surface area contributed by atoms with E-state index >= 15 is 0 Å². The summed E-state index contributed by atoms with van der Waals surface area (Å²) in [6.07, 6.45) is -0.441. The van der Waals surface area contributed by atoms with Crippen LogP contribution in [0.15, 0.2) is 59.5 Å². The Balaban J connectivity index is 2.29. The summed E-state index contributed by atoms with van der Waals surface area (Å²) in [6.45, 7) is 6.13. The van der Waals surface area contributed by atoms with Crippen molar-refractivity contribution in [2.24, 2.45) is 0 Å². The van der Waals surface area contributed by atoms with Crippen molar-refractivity contribution < 1.29 is 18.3 Å². The van der Waals surface area contributed by atoms with E-state index in [9.17, 15) is 18.3 Å². The number of hydrogen-bond acceptors (Lipinski definition) is 4. The van der Waals surface area contributed by atoms with Gasteiger partial charge in [-0.15, -0.1) is 0 Å². The topological polar surface area (TPSA) is 86.3 Å². The summed E-state index contributed by atoms with van der Waals surface area (Å²) >= 11 is 0. The van der Waals surface area contributed by atoms with Gasteiger partial charge in [-0.1, -0.05) is 63.2 Å². The standard InChI is InChI=1S/C19H23NO4S/c1-19(2,3)15-9-11-16(12-10-15)25(23,24)20-17(13-18(21)22)14-7-5-4-6-8-14/h4-12,17,20H,13H2,1-3H3,(H,21,22)/p-1/t17-/m0/s1. The second-order valence-electron chi connectivity index (χ2n) is 6.94. The molecule has 0 aliphatic heterocycles. The van der Waals surface area contributed by atoms with Crippen molar-refractivity contribution in [2.45, 2.75) is 43.5 Å². The lowest BCUT2D eigenvalue weighted by Gasteiger charge is -2.21. The summed E-state index contributed by atoms with van der Waals surface area (Å²) in [4.78, 5) is 11.1. The molecule has 6 heteroatoms. The molecule has 2 rings (SSSR count). The number of carboxylic acid groups (broad SMARTS) is 1. The molecule has 0 saturated carbocycles. The number of hydrogen-bond donors (Lipinski definition) is 1. The number of carboxylic acids is 1. The van der Waals surface area contributed by atoms with Crippen molar-refractivity contribution in [3.8, 4) is 0 Å². The van der Waals surface area contributed by atoms with Gasteiger partial charge >= 0.3 is 0 Å². The third-order valence-corrected chi connectivity index (χ3v) is 5.39. The Labute approximate surface area is 148 Å². The van der Waals surface area contributed by atoms with Gasteiger partial charge in [-0.05, 0) is 28.7 Å². The zero-order valence-electron chi connectivity index (χ0n) is 14.5. The number of aliphatic carboxylic acids is 1. The Morgan fingerprint density at radius 2 is 1.60 bits per heavy atom. The van der Waals surface area contributed by atoms with Crippen LogP contribution in [-0.2, 0) is 20.2 Å². The van der Waals surface area contributed by atoms with E-state index in [2.05, 4.69) is 4.72 Å². The smallest absolute Gasteiger partial charge is 0.241 e. The highest BCUT2D eigenvalue weighted by atomic mass is 32.2. The summed E-state index contributed by atoms with van der Waals surface area (Å²) < 4.78 is 27.7. The van der Waals surface area contributed by atoms with Crippen LogP contribution in [-0.4, -0.2) is 14.4 Å². The lowest BCUT2D eigenvalue weighted by Crippen LogP contribution is -2.34. The van der Waals surface area contributed by atoms with E-state index in [0.717, 1.165) is 5.56 Å².